The molecule has 1 N–H and O–H groups in total. The average Bonchev–Trinajstić information content (AvgIpc) is 2.56. The Bertz CT molecular complexity index is 785. The molecule has 6 heteroatoms. The maximum Gasteiger partial charge on any atom is 0.413 e. The first kappa shape index (κ1) is 23.9. The molecule has 28 heavy (non-hydrogen) atoms. The number of rotatable bonds is 6. The summed E-state index contributed by atoms with van der Waals surface area (Å²) < 4.78 is 20.2. The van der Waals surface area contributed by atoms with Crippen molar-refractivity contribution in [1.82, 2.24) is 5.32 Å². The topological polar surface area (TPSA) is 50.7 Å². The van der Waals surface area contributed by atoms with Gasteiger partial charge in [-0.2, -0.15) is 0 Å². The van der Waals surface area contributed by atoms with Crippen molar-refractivity contribution in [2.24, 2.45) is 4.99 Å². The minimum Gasteiger partial charge on any atom is -0.444 e. The second-order valence-electron chi connectivity index (χ2n) is 7.61. The van der Waals surface area contributed by atoms with Crippen LogP contribution in [0.5, 0.6) is 0 Å². The van der Waals surface area contributed by atoms with Crippen LogP contribution in [-0.2, 0) is 4.74 Å². The normalized spacial score (nSPS) is 13.9. The van der Waals surface area contributed by atoms with Gasteiger partial charge in [0, 0.05) is 0 Å². The monoisotopic (exact) mass is 408 g/mol. The Morgan fingerprint density at radius 3 is 2.36 bits per heavy atom. The summed E-state index contributed by atoms with van der Waals surface area (Å²) in [5.41, 5.74) is 2.44. The van der Waals surface area contributed by atoms with Crippen LogP contribution in [0, 0.1) is 13.8 Å². The molecule has 0 aliphatic heterocycles. The Morgan fingerprint density at radius 2 is 1.86 bits per heavy atom. The van der Waals surface area contributed by atoms with Gasteiger partial charge in [-0.25, -0.2) is 14.2 Å². The van der Waals surface area contributed by atoms with Gasteiger partial charge in [0.1, 0.15) is 11.4 Å². The summed E-state index contributed by atoms with van der Waals surface area (Å²) in [6, 6.07) is 5.76. The van der Waals surface area contributed by atoms with Crippen LogP contribution < -0.4 is 5.32 Å². The molecule has 0 unspecified atom stereocenters. The van der Waals surface area contributed by atoms with Gasteiger partial charge < -0.3 is 4.74 Å². The van der Waals surface area contributed by atoms with E-state index in [1.165, 1.54) is 0 Å². The lowest BCUT2D eigenvalue weighted by Crippen LogP contribution is -2.31. The molecular weight excluding hydrogens is 379 g/mol. The summed E-state index contributed by atoms with van der Waals surface area (Å²) in [7, 11) is 0. The van der Waals surface area contributed by atoms with E-state index < -0.39 is 17.5 Å². The van der Waals surface area contributed by atoms with E-state index in [0.29, 0.717) is 12.0 Å². The predicted molar refractivity (Wildman–Crippen MR) is 115 cm³/mol. The Hall–Kier alpha value is -2.14. The zero-order valence-corrected chi connectivity index (χ0v) is 18.5. The Kier molecular flexibility index (Phi) is 8.89. The molecule has 1 aromatic carbocycles. The molecule has 0 saturated heterocycles. The zero-order valence-electron chi connectivity index (χ0n) is 17.7. The van der Waals surface area contributed by atoms with Crippen molar-refractivity contribution in [1.29, 1.82) is 0 Å². The molecule has 0 heterocycles. The van der Waals surface area contributed by atoms with Crippen molar-refractivity contribution in [2.45, 2.75) is 66.9 Å². The summed E-state index contributed by atoms with van der Waals surface area (Å²) in [6.45, 7) is 12.8. The van der Waals surface area contributed by atoms with Crippen LogP contribution in [0.2, 0.25) is 0 Å². The molecule has 1 rings (SSSR count). The van der Waals surface area contributed by atoms with Gasteiger partial charge in [-0.3, -0.25) is 5.32 Å². The van der Waals surface area contributed by atoms with Gasteiger partial charge in [-0.05, 0) is 76.3 Å². The first-order valence-corrected chi connectivity index (χ1v) is 9.71. The Morgan fingerprint density at radius 1 is 1.29 bits per heavy atom. The average molecular weight is 409 g/mol. The largest absolute Gasteiger partial charge is 0.444 e. The third-order valence-corrected chi connectivity index (χ3v) is 4.09. The second-order valence-corrected chi connectivity index (χ2v) is 7.97. The minimum absolute atomic E-state index is 0.158. The highest BCUT2D eigenvalue weighted by Gasteiger charge is 2.18. The van der Waals surface area contributed by atoms with Crippen molar-refractivity contribution in [2.75, 3.05) is 0 Å². The molecule has 0 saturated carbocycles. The third-order valence-electron chi connectivity index (χ3n) is 3.84. The van der Waals surface area contributed by atoms with Crippen LogP contribution in [0.25, 0.3) is 5.57 Å². The van der Waals surface area contributed by atoms with Gasteiger partial charge in [0.2, 0.25) is 0 Å². The zero-order chi connectivity index (χ0) is 21.5. The van der Waals surface area contributed by atoms with Crippen LogP contribution in [-0.4, -0.2) is 16.9 Å². The molecule has 0 bridgehead atoms. The van der Waals surface area contributed by atoms with Gasteiger partial charge >= 0.3 is 6.09 Å². The number of nitrogens with zero attached hydrogens (tertiary/aromatic N) is 1. The van der Waals surface area contributed by atoms with Crippen LogP contribution in [0.15, 0.2) is 40.9 Å². The summed E-state index contributed by atoms with van der Waals surface area (Å²) in [5, 5.41) is 2.21. The molecule has 4 nitrogen and oxygen atoms in total. The Labute approximate surface area is 172 Å². The molecule has 0 spiro atoms. The lowest BCUT2D eigenvalue weighted by molar-refractivity contribution is 0.0545. The molecule has 0 radical (unpaired) electrons. The number of alkyl carbamates (subject to hydrolysis) is 1. The first-order chi connectivity index (χ1) is 13.0. The number of aryl methyl sites for hydroxylation is 2. The lowest BCUT2D eigenvalue weighted by atomic mass is 9.96. The van der Waals surface area contributed by atoms with Crippen LogP contribution in [0.1, 0.15) is 64.2 Å². The molecule has 0 fully saturated rings. The molecule has 1 amide bonds. The van der Waals surface area contributed by atoms with Crippen molar-refractivity contribution in [3.8, 4) is 0 Å². The number of carbonyl (C=O) groups excluding carboxylic acids is 1. The molecule has 0 aliphatic carbocycles. The number of halogens is 2. The van der Waals surface area contributed by atoms with Crippen molar-refractivity contribution >= 4 is 28.4 Å². The first-order valence-electron chi connectivity index (χ1n) is 9.34. The number of hydrogen-bond donors (Lipinski definition) is 1. The predicted octanol–water partition coefficient (Wildman–Crippen LogP) is 6.81. The number of unbranched alkanes of at least 4 members (excludes halogenated alkanes) is 1. The quantitative estimate of drug-likeness (QED) is 0.525. The van der Waals surface area contributed by atoms with E-state index >= 15 is 0 Å². The fourth-order valence-electron chi connectivity index (χ4n) is 2.64. The summed E-state index contributed by atoms with van der Waals surface area (Å²) in [6.07, 6.45) is 2.51. The maximum atomic E-state index is 15.0. The molecule has 1 aromatic rings. The summed E-state index contributed by atoms with van der Waals surface area (Å²) in [5.74, 6) is -0.474. The van der Waals surface area contributed by atoms with Gasteiger partial charge in [-0.1, -0.05) is 43.1 Å². The molecular formula is C22H30ClFN2O2. The number of aliphatic imine (C=N–C) groups is 1. The molecule has 0 atom stereocenters. The number of benzene rings is 1. The van der Waals surface area contributed by atoms with Crippen LogP contribution in [0.3, 0.4) is 0 Å². The van der Waals surface area contributed by atoms with E-state index in [9.17, 15) is 9.18 Å². The van der Waals surface area contributed by atoms with E-state index in [1.807, 2.05) is 39.0 Å². The second kappa shape index (κ2) is 10.4. The number of hydrogen-bond acceptors (Lipinski definition) is 3. The van der Waals surface area contributed by atoms with Gasteiger partial charge in [0.25, 0.3) is 0 Å². The molecule has 154 valence electrons. The van der Waals surface area contributed by atoms with Gasteiger partial charge in [-0.15, -0.1) is 0 Å². The maximum absolute atomic E-state index is 15.0. The lowest BCUT2D eigenvalue weighted by Gasteiger charge is -2.19. The summed E-state index contributed by atoms with van der Waals surface area (Å²) in [4.78, 5) is 16.1. The van der Waals surface area contributed by atoms with E-state index in [1.54, 1.807) is 33.8 Å². The number of carbonyl (C=O) groups is 1. The van der Waals surface area contributed by atoms with Gasteiger partial charge in [0.05, 0.1) is 0 Å². The number of ether oxygens (including phenoxy) is 1. The molecule has 0 aromatic heterocycles. The fraction of sp³-hybridized carbons (Fsp3) is 0.455. The van der Waals surface area contributed by atoms with Crippen molar-refractivity contribution < 1.29 is 13.9 Å². The van der Waals surface area contributed by atoms with Crippen molar-refractivity contribution in [3.05, 3.63) is 52.6 Å². The van der Waals surface area contributed by atoms with Crippen LogP contribution >= 0.6 is 11.6 Å². The fourth-order valence-corrected chi connectivity index (χ4v) is 2.87. The van der Waals surface area contributed by atoms with Crippen molar-refractivity contribution in [3.63, 3.8) is 0 Å². The number of allylic oxidation sites excluding steroid dienone is 3. The smallest absolute Gasteiger partial charge is 0.413 e. The minimum atomic E-state index is -0.668. The standard InChI is InChI=1S/C22H30ClFN2O2/c1-8-9-13-17(26-21(27)28-22(5,6)7)25-20(23)19(24)16(4)18-14(2)11-10-12-15(18)3/h10-13H,8-9H2,1-7H3,(H,26,27)/b17-13-,19-16-,25-20+. The van der Waals surface area contributed by atoms with Crippen LogP contribution in [0.4, 0.5) is 9.18 Å². The molecule has 0 aliphatic rings. The van der Waals surface area contributed by atoms with E-state index in [-0.39, 0.29) is 11.0 Å². The summed E-state index contributed by atoms with van der Waals surface area (Å²) >= 11 is 6.16. The van der Waals surface area contributed by atoms with E-state index in [2.05, 4.69) is 10.3 Å². The SMILES string of the molecule is CCC/C=C(/N=C(Cl)\C(F)=C(/C)c1c(C)cccc1C)NC(=O)OC(C)(C)C. The number of nitrogens with one attached hydrogen (secondary N) is 1. The van der Waals surface area contributed by atoms with Gasteiger partial charge in [0.15, 0.2) is 11.0 Å². The van der Waals surface area contributed by atoms with E-state index in [0.717, 1.165) is 23.1 Å². The van der Waals surface area contributed by atoms with E-state index in [4.69, 9.17) is 16.3 Å². The highest BCUT2D eigenvalue weighted by molar-refractivity contribution is 6.69. The Balaban J connectivity index is 3.21. The third kappa shape index (κ3) is 7.47. The highest BCUT2D eigenvalue weighted by Crippen LogP contribution is 2.27. The number of amides is 1. The highest BCUT2D eigenvalue weighted by atomic mass is 35.5.